The number of hydrogen-bond donors (Lipinski definition) is 1. The number of hydrogen-bond acceptors (Lipinski definition) is 6. The van der Waals surface area contributed by atoms with Crippen molar-refractivity contribution in [3.63, 3.8) is 0 Å². The number of carbonyl (C=O) groups is 1. The van der Waals surface area contributed by atoms with Crippen LogP contribution in [0.3, 0.4) is 0 Å². The Hall–Kier alpha value is -4.90. The number of ether oxygens (including phenoxy) is 2. The van der Waals surface area contributed by atoms with E-state index in [0.29, 0.717) is 22.8 Å². The van der Waals surface area contributed by atoms with E-state index in [0.717, 1.165) is 0 Å². The number of carbonyl (C=O) groups excluding carboxylic acids is 1. The molecule has 0 aliphatic heterocycles. The van der Waals surface area contributed by atoms with Crippen LogP contribution >= 0.6 is 0 Å². The molecular formula is C25H18N4O4. The fourth-order valence-electron chi connectivity index (χ4n) is 3.05. The second-order valence-corrected chi connectivity index (χ2v) is 6.83. The van der Waals surface area contributed by atoms with Crippen LogP contribution in [-0.2, 0) is 4.79 Å². The summed E-state index contributed by atoms with van der Waals surface area (Å²) in [6, 6.07) is 22.4. The van der Waals surface area contributed by atoms with Gasteiger partial charge in [0.05, 0.1) is 7.11 Å². The Morgan fingerprint density at radius 3 is 2.45 bits per heavy atom. The fourth-order valence-corrected chi connectivity index (χ4v) is 3.05. The standard InChI is InChI=1S/C25H18N4O4/c1-32-19-12-10-18(11-13-19)27-23(30)17(16-26)15-21-24(33-20-7-3-2-4-8-20)28-22-9-5-6-14-29(22)25(21)31/h2-15H,1H3,(H,27,30)/b17-15+. The van der Waals surface area contributed by atoms with Gasteiger partial charge in [-0.3, -0.25) is 14.0 Å². The molecule has 4 aromatic rings. The number of nitrogens with zero attached hydrogens (tertiary/aromatic N) is 3. The van der Waals surface area contributed by atoms with Crippen LogP contribution < -0.4 is 20.3 Å². The number of pyridine rings is 1. The summed E-state index contributed by atoms with van der Waals surface area (Å²) in [6.07, 6.45) is 2.74. The Labute approximate surface area is 189 Å². The van der Waals surface area contributed by atoms with E-state index in [-0.39, 0.29) is 17.0 Å². The number of rotatable bonds is 6. The Balaban J connectivity index is 1.76. The predicted molar refractivity (Wildman–Crippen MR) is 123 cm³/mol. The molecule has 2 aromatic carbocycles. The van der Waals surface area contributed by atoms with Gasteiger partial charge in [0.25, 0.3) is 11.5 Å². The number of methoxy groups -OCH3 is 1. The Morgan fingerprint density at radius 1 is 1.03 bits per heavy atom. The van der Waals surface area contributed by atoms with Crippen LogP contribution in [0.25, 0.3) is 11.7 Å². The summed E-state index contributed by atoms with van der Waals surface area (Å²) >= 11 is 0. The van der Waals surface area contributed by atoms with Gasteiger partial charge in [-0.25, -0.2) is 0 Å². The molecule has 0 aliphatic carbocycles. The van der Waals surface area contributed by atoms with Gasteiger partial charge in [0.1, 0.15) is 34.4 Å². The number of aromatic nitrogens is 2. The molecule has 8 heteroatoms. The van der Waals surface area contributed by atoms with Crippen LogP contribution in [0.5, 0.6) is 17.4 Å². The maximum absolute atomic E-state index is 13.2. The third-order valence-corrected chi connectivity index (χ3v) is 4.69. The molecule has 0 saturated heterocycles. The van der Waals surface area contributed by atoms with Crippen molar-refractivity contribution in [3.8, 4) is 23.4 Å². The monoisotopic (exact) mass is 438 g/mol. The first kappa shape index (κ1) is 21.3. The van der Waals surface area contributed by atoms with E-state index in [9.17, 15) is 14.9 Å². The van der Waals surface area contributed by atoms with Gasteiger partial charge in [-0.1, -0.05) is 24.3 Å². The van der Waals surface area contributed by atoms with E-state index < -0.39 is 11.5 Å². The summed E-state index contributed by atoms with van der Waals surface area (Å²) in [6.45, 7) is 0. The number of amides is 1. The molecule has 33 heavy (non-hydrogen) atoms. The van der Waals surface area contributed by atoms with E-state index in [1.165, 1.54) is 17.6 Å². The quantitative estimate of drug-likeness (QED) is 0.360. The highest BCUT2D eigenvalue weighted by atomic mass is 16.5. The third-order valence-electron chi connectivity index (χ3n) is 4.69. The second kappa shape index (κ2) is 9.49. The van der Waals surface area contributed by atoms with Crippen LogP contribution in [0.4, 0.5) is 5.69 Å². The van der Waals surface area contributed by atoms with Gasteiger partial charge in [-0.2, -0.15) is 10.2 Å². The van der Waals surface area contributed by atoms with Gasteiger partial charge in [-0.15, -0.1) is 0 Å². The molecular weight excluding hydrogens is 420 g/mol. The average molecular weight is 438 g/mol. The molecule has 2 aromatic heterocycles. The first-order valence-electron chi connectivity index (χ1n) is 9.90. The van der Waals surface area contributed by atoms with Gasteiger partial charge in [0.2, 0.25) is 5.88 Å². The average Bonchev–Trinajstić information content (AvgIpc) is 2.85. The maximum Gasteiger partial charge on any atom is 0.269 e. The fraction of sp³-hybridized carbons (Fsp3) is 0.0400. The zero-order valence-corrected chi connectivity index (χ0v) is 17.6. The first-order valence-corrected chi connectivity index (χ1v) is 9.90. The maximum atomic E-state index is 13.2. The highest BCUT2D eigenvalue weighted by molar-refractivity contribution is 6.09. The molecule has 8 nitrogen and oxygen atoms in total. The summed E-state index contributed by atoms with van der Waals surface area (Å²) < 4.78 is 12.3. The lowest BCUT2D eigenvalue weighted by atomic mass is 10.1. The summed E-state index contributed by atoms with van der Waals surface area (Å²) in [7, 11) is 1.54. The minimum absolute atomic E-state index is 0.0117. The molecule has 0 unspecified atom stereocenters. The lowest BCUT2D eigenvalue weighted by molar-refractivity contribution is -0.112. The van der Waals surface area contributed by atoms with Crippen LogP contribution in [-0.4, -0.2) is 22.4 Å². The topological polar surface area (TPSA) is 106 Å². The van der Waals surface area contributed by atoms with Crippen molar-refractivity contribution in [2.24, 2.45) is 0 Å². The van der Waals surface area contributed by atoms with Crippen molar-refractivity contribution in [1.29, 1.82) is 5.26 Å². The molecule has 1 amide bonds. The van der Waals surface area contributed by atoms with Gasteiger partial charge in [0, 0.05) is 11.9 Å². The minimum Gasteiger partial charge on any atom is -0.497 e. The molecule has 1 N–H and O–H groups in total. The highest BCUT2D eigenvalue weighted by Gasteiger charge is 2.17. The SMILES string of the molecule is COc1ccc(NC(=O)/C(C#N)=C/c2c(Oc3ccccc3)nc3ccccn3c2=O)cc1. The lowest BCUT2D eigenvalue weighted by Gasteiger charge is -2.10. The molecule has 0 saturated carbocycles. The van der Waals surface area contributed by atoms with Crippen molar-refractivity contribution >= 4 is 23.3 Å². The predicted octanol–water partition coefficient (Wildman–Crippen LogP) is 4.04. The molecule has 0 fully saturated rings. The first-order chi connectivity index (χ1) is 16.1. The number of benzene rings is 2. The molecule has 0 radical (unpaired) electrons. The van der Waals surface area contributed by atoms with Gasteiger partial charge in [0.15, 0.2) is 0 Å². The van der Waals surface area contributed by atoms with Crippen LogP contribution in [0.15, 0.2) is 89.4 Å². The zero-order valence-electron chi connectivity index (χ0n) is 17.6. The summed E-state index contributed by atoms with van der Waals surface area (Å²) in [4.78, 5) is 30.4. The van der Waals surface area contributed by atoms with Crippen LogP contribution in [0.1, 0.15) is 5.56 Å². The number of anilines is 1. The molecule has 0 atom stereocenters. The number of nitriles is 1. The lowest BCUT2D eigenvalue weighted by Crippen LogP contribution is -2.20. The van der Waals surface area contributed by atoms with E-state index >= 15 is 0 Å². The molecule has 162 valence electrons. The van der Waals surface area contributed by atoms with E-state index in [4.69, 9.17) is 9.47 Å². The van der Waals surface area contributed by atoms with E-state index in [1.807, 2.05) is 12.1 Å². The van der Waals surface area contributed by atoms with Crippen LogP contribution in [0.2, 0.25) is 0 Å². The van der Waals surface area contributed by atoms with Crippen LogP contribution in [0, 0.1) is 11.3 Å². The summed E-state index contributed by atoms with van der Waals surface area (Å²) in [5, 5.41) is 12.3. The van der Waals surface area contributed by atoms with Crippen molar-refractivity contribution in [3.05, 3.63) is 100 Å². The van der Waals surface area contributed by atoms with Crippen molar-refractivity contribution in [1.82, 2.24) is 9.38 Å². The Bertz CT molecular complexity index is 1440. The normalized spacial score (nSPS) is 11.0. The highest BCUT2D eigenvalue weighted by Crippen LogP contribution is 2.24. The Kier molecular flexibility index (Phi) is 6.14. The second-order valence-electron chi connectivity index (χ2n) is 6.83. The molecule has 4 rings (SSSR count). The van der Waals surface area contributed by atoms with Crippen molar-refractivity contribution in [2.45, 2.75) is 0 Å². The smallest absolute Gasteiger partial charge is 0.269 e. The van der Waals surface area contributed by atoms with Crippen molar-refractivity contribution < 1.29 is 14.3 Å². The summed E-state index contributed by atoms with van der Waals surface area (Å²) in [5.41, 5.74) is 0.0573. The third kappa shape index (κ3) is 4.73. The van der Waals surface area contributed by atoms with Crippen molar-refractivity contribution in [2.75, 3.05) is 12.4 Å². The van der Waals surface area contributed by atoms with E-state index in [1.54, 1.807) is 72.9 Å². The van der Waals surface area contributed by atoms with Gasteiger partial charge in [-0.05, 0) is 54.6 Å². The Morgan fingerprint density at radius 2 is 1.76 bits per heavy atom. The largest absolute Gasteiger partial charge is 0.497 e. The molecule has 0 bridgehead atoms. The number of nitrogens with one attached hydrogen (secondary N) is 1. The molecule has 0 aliphatic rings. The van der Waals surface area contributed by atoms with Gasteiger partial charge < -0.3 is 14.8 Å². The minimum atomic E-state index is -0.675. The summed E-state index contributed by atoms with van der Waals surface area (Å²) in [5.74, 6) is 0.399. The van der Waals surface area contributed by atoms with E-state index in [2.05, 4.69) is 10.3 Å². The zero-order chi connectivity index (χ0) is 23.2. The number of fused-ring (bicyclic) bond motifs is 1. The number of para-hydroxylation sites is 1. The molecule has 0 spiro atoms. The molecule has 2 heterocycles. The van der Waals surface area contributed by atoms with Gasteiger partial charge >= 0.3 is 0 Å².